The summed E-state index contributed by atoms with van der Waals surface area (Å²) >= 11 is 0. The number of phenols is 1. The first kappa shape index (κ1) is 23.4. The molecule has 0 aliphatic heterocycles. The summed E-state index contributed by atoms with van der Waals surface area (Å²) in [6.45, 7) is 1.73. The molecule has 0 bridgehead atoms. The number of methoxy groups -OCH3 is 1. The Morgan fingerprint density at radius 3 is 2.77 bits per heavy atom. The molecule has 0 saturated heterocycles. The number of hydrogen-bond donors (Lipinski definition) is 5. The van der Waals surface area contributed by atoms with Crippen molar-refractivity contribution in [3.05, 3.63) is 60.3 Å². The number of carbonyl (C=O) groups excluding carboxylic acids is 1. The highest BCUT2D eigenvalue weighted by Gasteiger charge is 2.17. The van der Waals surface area contributed by atoms with Crippen LogP contribution in [0.1, 0.15) is 17.3 Å². The second-order valence-corrected chi connectivity index (χ2v) is 7.64. The lowest BCUT2D eigenvalue weighted by molar-refractivity contribution is 0.0949. The van der Waals surface area contributed by atoms with Gasteiger partial charge >= 0.3 is 0 Å². The number of imidazole rings is 1. The summed E-state index contributed by atoms with van der Waals surface area (Å²) in [5, 5.41) is 22.8. The van der Waals surface area contributed by atoms with Gasteiger partial charge in [-0.05, 0) is 55.0 Å². The van der Waals surface area contributed by atoms with Gasteiger partial charge in [0.05, 0.1) is 29.7 Å². The van der Waals surface area contributed by atoms with E-state index in [9.17, 15) is 9.90 Å². The van der Waals surface area contributed by atoms with Gasteiger partial charge < -0.3 is 25.5 Å². The largest absolute Gasteiger partial charge is 0.507 e. The van der Waals surface area contributed by atoms with Gasteiger partial charge in [0.2, 0.25) is 5.88 Å². The van der Waals surface area contributed by atoms with E-state index in [0.717, 1.165) is 11.1 Å². The number of fused-ring (bicyclic) bond motifs is 1. The molecule has 11 nitrogen and oxygen atoms in total. The molecule has 0 aliphatic rings. The van der Waals surface area contributed by atoms with Gasteiger partial charge in [0.25, 0.3) is 5.91 Å². The molecule has 1 atom stereocenters. The number of pyridine rings is 1. The normalized spacial score (nSPS) is 12.3. The third-order valence-electron chi connectivity index (χ3n) is 5.44. The maximum absolute atomic E-state index is 12.7. The Balaban J connectivity index is 1.65. The van der Waals surface area contributed by atoms with E-state index >= 15 is 0 Å². The van der Waals surface area contributed by atoms with Crippen molar-refractivity contribution in [3.63, 3.8) is 0 Å². The molecule has 4 rings (SSSR count). The molecule has 0 aliphatic carbocycles. The summed E-state index contributed by atoms with van der Waals surface area (Å²) in [5.74, 6) is 1.01. The van der Waals surface area contributed by atoms with Crippen molar-refractivity contribution in [2.75, 3.05) is 14.2 Å². The Morgan fingerprint density at radius 2 is 2.03 bits per heavy atom. The molecule has 1 unspecified atom stereocenters. The lowest BCUT2D eigenvalue weighted by atomic mass is 10.0. The highest BCUT2D eigenvalue weighted by molar-refractivity contribution is 6.00. The quantitative estimate of drug-likeness (QED) is 0.119. The average molecular weight is 473 g/mol. The second-order valence-electron chi connectivity index (χ2n) is 7.64. The van der Waals surface area contributed by atoms with Crippen molar-refractivity contribution in [1.82, 2.24) is 25.6 Å². The number of amides is 1. The monoisotopic (exact) mass is 472 g/mol. The third-order valence-corrected chi connectivity index (χ3v) is 5.44. The number of phenolic OH excluding ortho intramolecular Hbond substituents is 1. The molecule has 178 valence electrons. The van der Waals surface area contributed by atoms with Gasteiger partial charge in [0.15, 0.2) is 0 Å². The molecule has 1 amide bonds. The number of likely N-dealkylation sites (N-methyl/N-ethyl adjacent to an activating group) is 1. The molecule has 0 saturated carbocycles. The molecule has 11 heteroatoms. The first-order valence-corrected chi connectivity index (χ1v) is 10.7. The third kappa shape index (κ3) is 4.78. The van der Waals surface area contributed by atoms with Crippen LogP contribution < -0.4 is 15.4 Å². The van der Waals surface area contributed by atoms with Gasteiger partial charge in [-0.15, -0.1) is 5.10 Å². The SMILES string of the molecule is CN/C(=N\N=N)C(C)NC(=O)c1ccc2[nH]c(-c3cc(-c4cccnc4OC)ccc3O)nc2c1. The van der Waals surface area contributed by atoms with E-state index in [2.05, 4.69) is 35.9 Å². The number of aromatic nitrogens is 3. The van der Waals surface area contributed by atoms with Gasteiger partial charge in [0, 0.05) is 24.4 Å². The summed E-state index contributed by atoms with van der Waals surface area (Å²) in [5.41, 5.74) is 10.6. The Bertz CT molecular complexity index is 1430. The van der Waals surface area contributed by atoms with E-state index in [-0.39, 0.29) is 11.7 Å². The highest BCUT2D eigenvalue weighted by Crippen LogP contribution is 2.35. The predicted molar refractivity (Wildman–Crippen MR) is 132 cm³/mol. The van der Waals surface area contributed by atoms with Crippen molar-refractivity contribution < 1.29 is 14.6 Å². The van der Waals surface area contributed by atoms with Crippen molar-refractivity contribution in [3.8, 4) is 34.1 Å². The molecule has 0 spiro atoms. The van der Waals surface area contributed by atoms with Gasteiger partial charge in [-0.1, -0.05) is 11.3 Å². The van der Waals surface area contributed by atoms with Crippen LogP contribution >= 0.6 is 0 Å². The maximum atomic E-state index is 12.7. The summed E-state index contributed by atoms with van der Waals surface area (Å²) in [4.78, 5) is 24.8. The fourth-order valence-corrected chi connectivity index (χ4v) is 3.70. The Hall–Kier alpha value is -4.80. The van der Waals surface area contributed by atoms with Crippen LogP contribution in [0.3, 0.4) is 0 Å². The van der Waals surface area contributed by atoms with Crippen molar-refractivity contribution >= 4 is 22.8 Å². The van der Waals surface area contributed by atoms with Crippen LogP contribution in [0, 0.1) is 5.53 Å². The molecule has 35 heavy (non-hydrogen) atoms. The van der Waals surface area contributed by atoms with E-state index in [1.807, 2.05) is 12.1 Å². The standard InChI is InChI=1S/C24H24N8O3/c1-13(21(26-2)31-32-25)28-23(34)15-6-8-18-19(12-15)30-22(29-18)17-11-14(7-9-20(17)33)16-5-4-10-27-24(16)35-3/h4-13,33H,1-3H3,(H,28,34)(H,29,30)(H2,25,26,31). The molecule has 2 aromatic heterocycles. The molecule has 0 radical (unpaired) electrons. The number of nitrogens with zero attached hydrogens (tertiary/aromatic N) is 4. The summed E-state index contributed by atoms with van der Waals surface area (Å²) in [7, 11) is 3.19. The van der Waals surface area contributed by atoms with Gasteiger partial charge in [-0.2, -0.15) is 5.53 Å². The van der Waals surface area contributed by atoms with Crippen molar-refractivity contribution in [2.24, 2.45) is 10.3 Å². The lowest BCUT2D eigenvalue weighted by Crippen LogP contribution is -2.43. The molecular weight excluding hydrogens is 448 g/mol. The number of amidine groups is 1. The molecule has 0 fully saturated rings. The fourth-order valence-electron chi connectivity index (χ4n) is 3.70. The van der Waals surface area contributed by atoms with Crippen molar-refractivity contribution in [1.29, 1.82) is 5.53 Å². The maximum Gasteiger partial charge on any atom is 0.251 e. The molecule has 4 aromatic rings. The molecular formula is C24H24N8O3. The van der Waals surface area contributed by atoms with Crippen LogP contribution in [0.4, 0.5) is 0 Å². The highest BCUT2D eigenvalue weighted by atomic mass is 16.5. The number of H-pyrrole nitrogens is 1. The zero-order valence-electron chi connectivity index (χ0n) is 19.3. The number of aromatic amines is 1. The number of rotatable bonds is 7. The topological polar surface area (TPSA) is 161 Å². The second kappa shape index (κ2) is 10.00. The number of benzene rings is 2. The summed E-state index contributed by atoms with van der Waals surface area (Å²) in [6, 6.07) is 13.5. The summed E-state index contributed by atoms with van der Waals surface area (Å²) in [6.07, 6.45) is 1.65. The van der Waals surface area contributed by atoms with Gasteiger partial charge in [-0.25, -0.2) is 9.97 Å². The minimum atomic E-state index is -0.476. The Labute approximate surface area is 200 Å². The number of nitrogens with one attached hydrogen (secondary N) is 4. The number of hydrogen-bond acceptors (Lipinski definition) is 7. The minimum absolute atomic E-state index is 0.0566. The van der Waals surface area contributed by atoms with Crippen LogP contribution in [0.5, 0.6) is 11.6 Å². The van der Waals surface area contributed by atoms with Crippen LogP contribution in [0.2, 0.25) is 0 Å². The number of ether oxygens (including phenoxy) is 1. The van der Waals surface area contributed by atoms with E-state index in [1.165, 1.54) is 0 Å². The average Bonchev–Trinajstić information content (AvgIpc) is 3.30. The van der Waals surface area contributed by atoms with Gasteiger partial charge in [0.1, 0.15) is 17.4 Å². The zero-order chi connectivity index (χ0) is 24.9. The fraction of sp³-hybridized carbons (Fsp3) is 0.167. The number of carbonyl (C=O) groups is 1. The van der Waals surface area contributed by atoms with Gasteiger partial charge in [-0.3, -0.25) is 4.79 Å². The van der Waals surface area contributed by atoms with Crippen LogP contribution in [-0.4, -0.2) is 52.0 Å². The van der Waals surface area contributed by atoms with Crippen LogP contribution in [0.25, 0.3) is 33.5 Å². The van der Waals surface area contributed by atoms with Crippen LogP contribution in [0.15, 0.2) is 65.1 Å². The zero-order valence-corrected chi connectivity index (χ0v) is 19.3. The lowest BCUT2D eigenvalue weighted by Gasteiger charge is -2.15. The first-order valence-electron chi connectivity index (χ1n) is 10.7. The first-order chi connectivity index (χ1) is 16.9. The van der Waals surface area contributed by atoms with E-state index in [0.29, 0.717) is 39.7 Å². The van der Waals surface area contributed by atoms with E-state index < -0.39 is 6.04 Å². The molecule has 2 heterocycles. The van der Waals surface area contributed by atoms with E-state index in [4.69, 9.17) is 10.3 Å². The minimum Gasteiger partial charge on any atom is -0.507 e. The smallest absolute Gasteiger partial charge is 0.251 e. The van der Waals surface area contributed by atoms with Crippen molar-refractivity contribution in [2.45, 2.75) is 13.0 Å². The summed E-state index contributed by atoms with van der Waals surface area (Å²) < 4.78 is 5.36. The number of aromatic hydroxyl groups is 1. The molecule has 5 N–H and O–H groups in total. The Kier molecular flexibility index (Phi) is 6.67. The molecule has 2 aromatic carbocycles. The van der Waals surface area contributed by atoms with E-state index in [1.54, 1.807) is 63.7 Å². The van der Waals surface area contributed by atoms with Crippen LogP contribution in [-0.2, 0) is 0 Å². The Morgan fingerprint density at radius 1 is 1.20 bits per heavy atom. The predicted octanol–water partition coefficient (Wildman–Crippen LogP) is 3.69.